The Balaban J connectivity index is 2.06. The molecule has 5 heteroatoms. The van der Waals surface area contributed by atoms with Gasteiger partial charge in [0.25, 0.3) is 0 Å². The molecule has 0 aliphatic heterocycles. The summed E-state index contributed by atoms with van der Waals surface area (Å²) in [4.78, 5) is 24.2. The fourth-order valence-electron chi connectivity index (χ4n) is 2.61. The Morgan fingerprint density at radius 3 is 2.20 bits per heavy atom. The van der Waals surface area contributed by atoms with Crippen molar-refractivity contribution in [1.82, 2.24) is 10.2 Å². The first kappa shape index (κ1) is 18.7. The van der Waals surface area contributed by atoms with E-state index < -0.39 is 12.0 Å². The SMILES string of the molecule is CC(=O)NCCN(Cc1ccc(-c2ccccc2)cc1)C(C)C(=O)O. The number of carbonyl (C=O) groups excluding carboxylic acids is 1. The maximum absolute atomic E-state index is 11.3. The zero-order valence-corrected chi connectivity index (χ0v) is 14.6. The quantitative estimate of drug-likeness (QED) is 0.775. The van der Waals surface area contributed by atoms with Crippen molar-refractivity contribution >= 4 is 11.9 Å². The monoisotopic (exact) mass is 340 g/mol. The number of carboxylic acids is 1. The van der Waals surface area contributed by atoms with Gasteiger partial charge in [-0.15, -0.1) is 0 Å². The van der Waals surface area contributed by atoms with Crippen LogP contribution in [0.5, 0.6) is 0 Å². The van der Waals surface area contributed by atoms with E-state index in [1.807, 2.05) is 47.4 Å². The van der Waals surface area contributed by atoms with Crippen LogP contribution in [-0.4, -0.2) is 41.0 Å². The molecule has 5 nitrogen and oxygen atoms in total. The van der Waals surface area contributed by atoms with Crippen molar-refractivity contribution in [2.75, 3.05) is 13.1 Å². The lowest BCUT2D eigenvalue weighted by Crippen LogP contribution is -2.42. The largest absolute Gasteiger partial charge is 0.480 e. The van der Waals surface area contributed by atoms with E-state index in [4.69, 9.17) is 0 Å². The topological polar surface area (TPSA) is 69.6 Å². The van der Waals surface area contributed by atoms with Gasteiger partial charge in [0.05, 0.1) is 0 Å². The van der Waals surface area contributed by atoms with E-state index in [1.165, 1.54) is 6.92 Å². The third kappa shape index (κ3) is 5.72. The highest BCUT2D eigenvalue weighted by atomic mass is 16.4. The van der Waals surface area contributed by atoms with Crippen LogP contribution < -0.4 is 5.32 Å². The van der Waals surface area contributed by atoms with Crippen LogP contribution in [0.25, 0.3) is 11.1 Å². The fraction of sp³-hybridized carbons (Fsp3) is 0.300. The molecule has 2 aromatic rings. The van der Waals surface area contributed by atoms with Gasteiger partial charge in [0.2, 0.25) is 5.91 Å². The molecular formula is C20H24N2O3. The summed E-state index contributed by atoms with van der Waals surface area (Å²) in [6, 6.07) is 17.6. The van der Waals surface area contributed by atoms with Crippen molar-refractivity contribution in [3.8, 4) is 11.1 Å². The van der Waals surface area contributed by atoms with Crippen LogP contribution in [0.4, 0.5) is 0 Å². The Morgan fingerprint density at radius 1 is 1.04 bits per heavy atom. The van der Waals surface area contributed by atoms with Crippen LogP contribution in [0, 0.1) is 0 Å². The Hall–Kier alpha value is -2.66. The smallest absolute Gasteiger partial charge is 0.320 e. The van der Waals surface area contributed by atoms with Crippen LogP contribution in [0.2, 0.25) is 0 Å². The summed E-state index contributed by atoms with van der Waals surface area (Å²) in [6.45, 7) is 4.53. The highest BCUT2D eigenvalue weighted by molar-refractivity contribution is 5.73. The Labute approximate surface area is 148 Å². The number of amides is 1. The second-order valence-electron chi connectivity index (χ2n) is 6.03. The van der Waals surface area contributed by atoms with Crippen LogP contribution in [0.15, 0.2) is 54.6 Å². The summed E-state index contributed by atoms with van der Waals surface area (Å²) < 4.78 is 0. The molecule has 0 bridgehead atoms. The maximum atomic E-state index is 11.3. The third-order valence-electron chi connectivity index (χ3n) is 4.12. The third-order valence-corrected chi connectivity index (χ3v) is 4.12. The molecule has 2 aromatic carbocycles. The Morgan fingerprint density at radius 2 is 1.64 bits per heavy atom. The van der Waals surface area contributed by atoms with Crippen LogP contribution >= 0.6 is 0 Å². The molecule has 1 amide bonds. The van der Waals surface area contributed by atoms with E-state index in [-0.39, 0.29) is 5.91 Å². The van der Waals surface area contributed by atoms with Gasteiger partial charge < -0.3 is 10.4 Å². The van der Waals surface area contributed by atoms with Crippen molar-refractivity contribution < 1.29 is 14.7 Å². The van der Waals surface area contributed by atoms with Crippen LogP contribution in [0.3, 0.4) is 0 Å². The maximum Gasteiger partial charge on any atom is 0.320 e. The van der Waals surface area contributed by atoms with E-state index in [0.717, 1.165) is 16.7 Å². The average molecular weight is 340 g/mol. The van der Waals surface area contributed by atoms with Crippen molar-refractivity contribution in [2.45, 2.75) is 26.4 Å². The lowest BCUT2D eigenvalue weighted by molar-refractivity contribution is -0.142. The summed E-state index contributed by atoms with van der Waals surface area (Å²) in [7, 11) is 0. The number of carboxylic acid groups (broad SMARTS) is 1. The average Bonchev–Trinajstić information content (AvgIpc) is 2.61. The molecule has 0 aliphatic rings. The highest BCUT2D eigenvalue weighted by Gasteiger charge is 2.20. The minimum Gasteiger partial charge on any atom is -0.480 e. The van der Waals surface area contributed by atoms with Gasteiger partial charge in [-0.1, -0.05) is 54.6 Å². The normalized spacial score (nSPS) is 12.0. The lowest BCUT2D eigenvalue weighted by atomic mass is 10.0. The van der Waals surface area contributed by atoms with Gasteiger partial charge in [-0.05, 0) is 23.6 Å². The molecule has 0 spiro atoms. The summed E-state index contributed by atoms with van der Waals surface area (Å²) >= 11 is 0. The van der Waals surface area contributed by atoms with E-state index >= 15 is 0 Å². The van der Waals surface area contributed by atoms with Crippen molar-refractivity contribution in [3.63, 3.8) is 0 Å². The second-order valence-corrected chi connectivity index (χ2v) is 6.03. The number of aliphatic carboxylic acids is 1. The highest BCUT2D eigenvalue weighted by Crippen LogP contribution is 2.20. The number of hydrogen-bond acceptors (Lipinski definition) is 3. The first-order valence-corrected chi connectivity index (χ1v) is 8.33. The first-order chi connectivity index (χ1) is 12.0. The lowest BCUT2D eigenvalue weighted by Gasteiger charge is -2.26. The number of nitrogens with zero attached hydrogens (tertiary/aromatic N) is 1. The van der Waals surface area contributed by atoms with Gasteiger partial charge in [0.15, 0.2) is 0 Å². The molecule has 1 unspecified atom stereocenters. The van der Waals surface area contributed by atoms with Gasteiger partial charge in [0.1, 0.15) is 6.04 Å². The van der Waals surface area contributed by atoms with Gasteiger partial charge >= 0.3 is 5.97 Å². The molecule has 0 fully saturated rings. The number of benzene rings is 2. The summed E-state index contributed by atoms with van der Waals surface area (Å²) in [6.07, 6.45) is 0. The summed E-state index contributed by atoms with van der Waals surface area (Å²) in [5, 5.41) is 12.0. The second kappa shape index (κ2) is 8.99. The molecule has 132 valence electrons. The Bertz CT molecular complexity index is 699. The standard InChI is InChI=1S/C20H24N2O3/c1-15(20(24)25)22(13-12-21-16(2)23)14-17-8-10-19(11-9-17)18-6-4-3-5-7-18/h3-11,15H,12-14H2,1-2H3,(H,21,23)(H,24,25). The summed E-state index contributed by atoms with van der Waals surface area (Å²) in [5.41, 5.74) is 3.31. The zero-order valence-electron chi connectivity index (χ0n) is 14.6. The number of carbonyl (C=O) groups is 2. The Kier molecular flexibility index (Phi) is 6.71. The molecule has 0 heterocycles. The van der Waals surface area contributed by atoms with E-state index in [9.17, 15) is 14.7 Å². The van der Waals surface area contributed by atoms with Crippen LogP contribution in [0.1, 0.15) is 19.4 Å². The molecule has 25 heavy (non-hydrogen) atoms. The minimum atomic E-state index is -0.872. The van der Waals surface area contributed by atoms with E-state index in [1.54, 1.807) is 6.92 Å². The van der Waals surface area contributed by atoms with E-state index in [0.29, 0.717) is 19.6 Å². The molecule has 0 saturated heterocycles. The molecule has 0 aromatic heterocycles. The molecule has 0 aliphatic carbocycles. The van der Waals surface area contributed by atoms with Crippen molar-refractivity contribution in [1.29, 1.82) is 0 Å². The first-order valence-electron chi connectivity index (χ1n) is 8.33. The molecule has 0 saturated carbocycles. The van der Waals surface area contributed by atoms with Crippen LogP contribution in [-0.2, 0) is 16.1 Å². The molecular weight excluding hydrogens is 316 g/mol. The summed E-state index contributed by atoms with van der Waals surface area (Å²) in [5.74, 6) is -0.987. The van der Waals surface area contributed by atoms with Crippen molar-refractivity contribution in [3.05, 3.63) is 60.2 Å². The van der Waals surface area contributed by atoms with Gasteiger partial charge in [-0.3, -0.25) is 14.5 Å². The fourth-order valence-corrected chi connectivity index (χ4v) is 2.61. The minimum absolute atomic E-state index is 0.116. The molecule has 0 radical (unpaired) electrons. The number of rotatable bonds is 8. The zero-order chi connectivity index (χ0) is 18.2. The van der Waals surface area contributed by atoms with Gasteiger partial charge in [-0.25, -0.2) is 0 Å². The predicted molar refractivity (Wildman–Crippen MR) is 98.1 cm³/mol. The van der Waals surface area contributed by atoms with E-state index in [2.05, 4.69) is 17.4 Å². The van der Waals surface area contributed by atoms with Gasteiger partial charge in [0, 0.05) is 26.6 Å². The molecule has 2 N–H and O–H groups in total. The van der Waals surface area contributed by atoms with Crippen molar-refractivity contribution in [2.24, 2.45) is 0 Å². The number of hydrogen-bond donors (Lipinski definition) is 2. The number of nitrogens with one attached hydrogen (secondary N) is 1. The van der Waals surface area contributed by atoms with Gasteiger partial charge in [-0.2, -0.15) is 0 Å². The molecule has 1 atom stereocenters. The predicted octanol–water partition coefficient (Wildman–Crippen LogP) is 2.76. The molecule has 2 rings (SSSR count).